The third-order valence-corrected chi connectivity index (χ3v) is 5.09. The molecule has 0 aromatic heterocycles. The molecule has 2 aromatic carbocycles. The molecule has 0 aliphatic carbocycles. The van der Waals surface area contributed by atoms with Crippen molar-refractivity contribution in [3.63, 3.8) is 0 Å². The number of hydrogen-bond acceptors (Lipinski definition) is 4. The molecule has 1 heterocycles. The van der Waals surface area contributed by atoms with Gasteiger partial charge in [0.2, 0.25) is 5.91 Å². The van der Waals surface area contributed by atoms with Crippen molar-refractivity contribution in [2.75, 3.05) is 25.7 Å². The minimum absolute atomic E-state index is 0.106. The van der Waals surface area contributed by atoms with Crippen LogP contribution in [0.25, 0.3) is 0 Å². The summed E-state index contributed by atoms with van der Waals surface area (Å²) in [6.07, 6.45) is 1.24. The lowest BCUT2D eigenvalue weighted by molar-refractivity contribution is -0.118. The van der Waals surface area contributed by atoms with Gasteiger partial charge in [-0.3, -0.25) is 9.59 Å². The fraction of sp³-hybridized carbons (Fsp3) is 0.364. The predicted molar refractivity (Wildman–Crippen MR) is 108 cm³/mol. The van der Waals surface area contributed by atoms with Crippen LogP contribution in [0.3, 0.4) is 0 Å². The number of carbonyl (C=O) groups is 2. The van der Waals surface area contributed by atoms with Gasteiger partial charge in [-0.25, -0.2) is 0 Å². The average Bonchev–Trinajstić information content (AvgIpc) is 3.15. The number of anilines is 1. The molecule has 0 saturated carbocycles. The molecule has 0 radical (unpaired) electrons. The maximum Gasteiger partial charge on any atom is 0.251 e. The second-order valence-electron chi connectivity index (χ2n) is 6.80. The van der Waals surface area contributed by atoms with Crippen LogP contribution < -0.4 is 19.7 Å². The van der Waals surface area contributed by atoms with Crippen LogP contribution in [0.15, 0.2) is 36.4 Å². The molecule has 1 unspecified atom stereocenters. The number of nitrogens with zero attached hydrogens (tertiary/aromatic N) is 1. The Morgan fingerprint density at radius 3 is 2.61 bits per heavy atom. The molecular formula is C22H26N2O4. The Labute approximate surface area is 165 Å². The number of amides is 2. The Morgan fingerprint density at radius 2 is 1.93 bits per heavy atom. The van der Waals surface area contributed by atoms with Crippen molar-refractivity contribution in [3.05, 3.63) is 53.1 Å². The van der Waals surface area contributed by atoms with Gasteiger partial charge in [0.1, 0.15) is 11.5 Å². The van der Waals surface area contributed by atoms with E-state index in [9.17, 15) is 9.59 Å². The summed E-state index contributed by atoms with van der Waals surface area (Å²) in [5, 5.41) is 3.02. The number of carbonyl (C=O) groups excluding carboxylic acids is 2. The van der Waals surface area contributed by atoms with E-state index in [4.69, 9.17) is 9.47 Å². The number of methoxy groups -OCH3 is 2. The van der Waals surface area contributed by atoms with Crippen molar-refractivity contribution >= 4 is 17.5 Å². The molecule has 1 N–H and O–H groups in total. The molecule has 1 atom stereocenters. The molecule has 2 amide bonds. The Morgan fingerprint density at radius 1 is 1.14 bits per heavy atom. The molecule has 0 bridgehead atoms. The van der Waals surface area contributed by atoms with Crippen molar-refractivity contribution in [1.82, 2.24) is 5.32 Å². The quantitative estimate of drug-likeness (QED) is 0.830. The third-order valence-electron chi connectivity index (χ3n) is 5.09. The highest BCUT2D eigenvalue weighted by Crippen LogP contribution is 2.31. The molecule has 148 valence electrons. The molecule has 2 aromatic rings. The summed E-state index contributed by atoms with van der Waals surface area (Å²) in [7, 11) is 3.20. The maximum absolute atomic E-state index is 12.8. The van der Waals surface area contributed by atoms with Crippen LogP contribution in [0.5, 0.6) is 11.5 Å². The minimum atomic E-state index is -0.260. The topological polar surface area (TPSA) is 67.9 Å². The van der Waals surface area contributed by atoms with Crippen LogP contribution in [-0.2, 0) is 11.2 Å². The van der Waals surface area contributed by atoms with Gasteiger partial charge >= 0.3 is 0 Å². The lowest BCUT2D eigenvalue weighted by Gasteiger charge is -2.19. The van der Waals surface area contributed by atoms with Gasteiger partial charge in [-0.1, -0.05) is 6.92 Å². The van der Waals surface area contributed by atoms with E-state index in [0.29, 0.717) is 30.0 Å². The Hall–Kier alpha value is -3.02. The first-order valence-corrected chi connectivity index (χ1v) is 9.44. The van der Waals surface area contributed by atoms with E-state index in [1.807, 2.05) is 44.2 Å². The summed E-state index contributed by atoms with van der Waals surface area (Å²) in [6, 6.07) is 10.8. The summed E-state index contributed by atoms with van der Waals surface area (Å²) in [5.74, 6) is 1.33. The molecule has 0 fully saturated rings. The number of benzene rings is 2. The summed E-state index contributed by atoms with van der Waals surface area (Å²) >= 11 is 0. The summed E-state index contributed by atoms with van der Waals surface area (Å²) in [5.41, 5.74) is 3.36. The average molecular weight is 382 g/mol. The largest absolute Gasteiger partial charge is 0.497 e. The van der Waals surface area contributed by atoms with E-state index in [0.717, 1.165) is 23.2 Å². The summed E-state index contributed by atoms with van der Waals surface area (Å²) < 4.78 is 10.7. The maximum atomic E-state index is 12.8. The molecule has 6 heteroatoms. The van der Waals surface area contributed by atoms with Crippen LogP contribution >= 0.6 is 0 Å². The number of fused-ring (bicyclic) bond motifs is 1. The Bertz CT molecular complexity index is 894. The van der Waals surface area contributed by atoms with Gasteiger partial charge in [0.05, 0.1) is 20.3 Å². The Balaban J connectivity index is 1.78. The van der Waals surface area contributed by atoms with E-state index in [2.05, 4.69) is 5.32 Å². The van der Waals surface area contributed by atoms with Crippen molar-refractivity contribution in [3.8, 4) is 11.5 Å². The first-order chi connectivity index (χ1) is 13.5. The molecular weight excluding hydrogens is 356 g/mol. The number of hydrogen-bond donors (Lipinski definition) is 1. The van der Waals surface area contributed by atoms with Crippen LogP contribution in [0.1, 0.15) is 47.8 Å². The zero-order chi connectivity index (χ0) is 20.3. The smallest absolute Gasteiger partial charge is 0.251 e. The molecule has 6 nitrogen and oxygen atoms in total. The van der Waals surface area contributed by atoms with Crippen molar-refractivity contribution in [1.29, 1.82) is 0 Å². The minimum Gasteiger partial charge on any atom is -0.497 e. The molecule has 1 aliphatic heterocycles. The van der Waals surface area contributed by atoms with Gasteiger partial charge in [-0.05, 0) is 55.3 Å². The summed E-state index contributed by atoms with van der Waals surface area (Å²) in [4.78, 5) is 26.6. The predicted octanol–water partition coefficient (Wildman–Crippen LogP) is 3.49. The van der Waals surface area contributed by atoms with Crippen LogP contribution in [0.2, 0.25) is 0 Å². The van der Waals surface area contributed by atoms with Crippen molar-refractivity contribution < 1.29 is 19.1 Å². The van der Waals surface area contributed by atoms with Gasteiger partial charge in [0, 0.05) is 29.8 Å². The van der Waals surface area contributed by atoms with Gasteiger partial charge in [0.25, 0.3) is 5.91 Å². The van der Waals surface area contributed by atoms with E-state index in [1.54, 1.807) is 25.2 Å². The highest BCUT2D eigenvalue weighted by molar-refractivity contribution is 5.98. The highest BCUT2D eigenvalue weighted by Gasteiger charge is 2.25. The SMILES string of the molecule is CCC(=O)N1CCc2cc(C(=O)NC(C)c3cc(OC)ccc3OC)ccc21. The van der Waals surface area contributed by atoms with E-state index >= 15 is 0 Å². The monoisotopic (exact) mass is 382 g/mol. The van der Waals surface area contributed by atoms with Gasteiger partial charge in [0.15, 0.2) is 0 Å². The van der Waals surface area contributed by atoms with E-state index in [-0.39, 0.29) is 17.9 Å². The van der Waals surface area contributed by atoms with Gasteiger partial charge in [-0.2, -0.15) is 0 Å². The van der Waals surface area contributed by atoms with Crippen LogP contribution in [-0.4, -0.2) is 32.6 Å². The molecule has 0 saturated heterocycles. The fourth-order valence-corrected chi connectivity index (χ4v) is 3.53. The second kappa shape index (κ2) is 8.33. The Kier molecular flexibility index (Phi) is 5.87. The lowest BCUT2D eigenvalue weighted by atomic mass is 10.0. The highest BCUT2D eigenvalue weighted by atomic mass is 16.5. The number of rotatable bonds is 6. The summed E-state index contributed by atoms with van der Waals surface area (Å²) in [6.45, 7) is 4.44. The van der Waals surface area contributed by atoms with Crippen molar-refractivity contribution in [2.45, 2.75) is 32.7 Å². The lowest BCUT2D eigenvalue weighted by Crippen LogP contribution is -2.28. The third kappa shape index (κ3) is 3.81. The molecule has 28 heavy (non-hydrogen) atoms. The van der Waals surface area contributed by atoms with E-state index in [1.165, 1.54) is 0 Å². The second-order valence-corrected chi connectivity index (χ2v) is 6.80. The number of nitrogens with one attached hydrogen (secondary N) is 1. The first-order valence-electron chi connectivity index (χ1n) is 9.44. The zero-order valence-electron chi connectivity index (χ0n) is 16.7. The van der Waals surface area contributed by atoms with Gasteiger partial charge in [-0.15, -0.1) is 0 Å². The van der Waals surface area contributed by atoms with Crippen LogP contribution in [0.4, 0.5) is 5.69 Å². The zero-order valence-corrected chi connectivity index (χ0v) is 16.7. The first kappa shape index (κ1) is 19.7. The van der Waals surface area contributed by atoms with Gasteiger partial charge < -0.3 is 19.7 Å². The molecule has 0 spiro atoms. The standard InChI is InChI=1S/C22H26N2O4/c1-5-21(25)24-11-10-15-12-16(6-8-19(15)24)22(26)23-14(2)18-13-17(27-3)7-9-20(18)28-4/h6-9,12-14H,5,10-11H2,1-4H3,(H,23,26). The fourth-order valence-electron chi connectivity index (χ4n) is 3.53. The van der Waals surface area contributed by atoms with Crippen LogP contribution in [0, 0.1) is 0 Å². The molecule has 1 aliphatic rings. The van der Waals surface area contributed by atoms with E-state index < -0.39 is 0 Å². The molecule has 3 rings (SSSR count). The number of ether oxygens (including phenoxy) is 2. The normalized spacial score (nSPS) is 13.6. The van der Waals surface area contributed by atoms with Crippen molar-refractivity contribution in [2.24, 2.45) is 0 Å².